The Hall–Kier alpha value is -0.720. The topological polar surface area (TPSA) is 64.8 Å². The normalized spacial score (nSPS) is 22.4. The van der Waals surface area contributed by atoms with Gasteiger partial charge in [0.15, 0.2) is 0 Å². The number of nitrogens with zero attached hydrogens (tertiary/aromatic N) is 1. The van der Waals surface area contributed by atoms with Crippen LogP contribution in [0.5, 0.6) is 5.75 Å². The minimum absolute atomic E-state index is 0. The maximum absolute atomic E-state index is 12.6. The predicted octanol–water partition coefficient (Wildman–Crippen LogP) is 3.15. The fourth-order valence-corrected chi connectivity index (χ4v) is 3.54. The quantitative estimate of drug-likeness (QED) is 0.829. The molecule has 140 valence electrons. The molecule has 2 atom stereocenters. The second-order valence-corrected chi connectivity index (χ2v) is 7.18. The van der Waals surface area contributed by atoms with Crippen molar-refractivity contribution in [2.24, 2.45) is 11.7 Å². The van der Waals surface area contributed by atoms with Crippen molar-refractivity contribution in [1.29, 1.82) is 0 Å². The summed E-state index contributed by atoms with van der Waals surface area (Å²) in [7, 11) is 0. The summed E-state index contributed by atoms with van der Waals surface area (Å²) < 4.78 is 11.3. The summed E-state index contributed by atoms with van der Waals surface area (Å²) in [6, 6.07) is 4.74. The first-order chi connectivity index (χ1) is 11.5. The first-order valence-electron chi connectivity index (χ1n) is 8.28. The van der Waals surface area contributed by atoms with Gasteiger partial charge in [-0.1, -0.05) is 23.2 Å². The molecule has 2 N–H and O–H groups in total. The van der Waals surface area contributed by atoms with Gasteiger partial charge in [-0.05, 0) is 30.9 Å². The van der Waals surface area contributed by atoms with Crippen LogP contribution in [0.2, 0.25) is 10.0 Å². The van der Waals surface area contributed by atoms with Gasteiger partial charge in [0.2, 0.25) is 5.91 Å². The van der Waals surface area contributed by atoms with E-state index in [0.717, 1.165) is 19.3 Å². The number of hydrogen-bond donors (Lipinski definition) is 1. The number of carbonyl (C=O) groups excluding carboxylic acids is 1. The highest BCUT2D eigenvalue weighted by Crippen LogP contribution is 2.28. The molecule has 2 heterocycles. The first kappa shape index (κ1) is 20.6. The smallest absolute Gasteiger partial charge is 0.239 e. The highest BCUT2D eigenvalue weighted by molar-refractivity contribution is 6.42. The van der Waals surface area contributed by atoms with E-state index in [0.29, 0.717) is 42.1 Å². The molecule has 1 amide bonds. The molecule has 2 unspecified atom stereocenters. The molecule has 0 aliphatic carbocycles. The number of hydrogen-bond acceptors (Lipinski definition) is 4. The molecule has 2 fully saturated rings. The first-order valence-corrected chi connectivity index (χ1v) is 9.04. The van der Waals surface area contributed by atoms with Crippen molar-refractivity contribution in [2.45, 2.75) is 31.4 Å². The maximum atomic E-state index is 12.6. The van der Waals surface area contributed by atoms with Crippen LogP contribution in [0.1, 0.15) is 19.3 Å². The van der Waals surface area contributed by atoms with Gasteiger partial charge in [0.05, 0.1) is 22.6 Å². The number of ether oxygens (including phenoxy) is 2. The highest BCUT2D eigenvalue weighted by atomic mass is 35.5. The lowest BCUT2D eigenvalue weighted by Crippen LogP contribution is -2.48. The van der Waals surface area contributed by atoms with Crippen LogP contribution in [0.4, 0.5) is 0 Å². The molecular formula is C17H23Cl3N2O3. The van der Waals surface area contributed by atoms with E-state index < -0.39 is 6.04 Å². The molecule has 1 aromatic carbocycles. The number of likely N-dealkylation sites (tertiary alicyclic amines) is 1. The van der Waals surface area contributed by atoms with Crippen molar-refractivity contribution >= 4 is 41.5 Å². The zero-order valence-corrected chi connectivity index (χ0v) is 16.2. The number of halogens is 3. The standard InChI is InChI=1S/C17H22Cl2N2O3.ClH/c18-14-2-1-12(9-15(14)19)24-13-3-6-21(10-13)17(22)16(20)11-4-7-23-8-5-11;/h1-2,9,11,13,16H,3-8,10,20H2;1H. The highest BCUT2D eigenvalue weighted by Gasteiger charge is 2.34. The summed E-state index contributed by atoms with van der Waals surface area (Å²) in [5, 5.41) is 0.955. The van der Waals surface area contributed by atoms with Crippen molar-refractivity contribution in [1.82, 2.24) is 4.90 Å². The molecule has 2 saturated heterocycles. The van der Waals surface area contributed by atoms with E-state index in [1.54, 1.807) is 18.2 Å². The second kappa shape index (κ2) is 9.28. The summed E-state index contributed by atoms with van der Waals surface area (Å²) in [5.74, 6) is 0.890. The molecule has 0 bridgehead atoms. The molecule has 1 aromatic rings. The predicted molar refractivity (Wildman–Crippen MR) is 101 cm³/mol. The molecule has 3 rings (SSSR count). The maximum Gasteiger partial charge on any atom is 0.239 e. The van der Waals surface area contributed by atoms with E-state index >= 15 is 0 Å². The molecule has 5 nitrogen and oxygen atoms in total. The Bertz CT molecular complexity index is 597. The molecule has 0 saturated carbocycles. The third-order valence-corrected chi connectivity index (χ3v) is 5.45. The SMILES string of the molecule is Cl.NC(C(=O)N1CCC(Oc2ccc(Cl)c(Cl)c2)C1)C1CCOCC1. The van der Waals surface area contributed by atoms with Gasteiger partial charge in [-0.3, -0.25) is 4.79 Å². The number of rotatable bonds is 4. The molecule has 0 spiro atoms. The molecule has 25 heavy (non-hydrogen) atoms. The Morgan fingerprint density at radius 2 is 1.96 bits per heavy atom. The zero-order valence-electron chi connectivity index (χ0n) is 13.8. The zero-order chi connectivity index (χ0) is 17.1. The van der Waals surface area contributed by atoms with Crippen LogP contribution in [0.3, 0.4) is 0 Å². The van der Waals surface area contributed by atoms with Crippen LogP contribution in [0.25, 0.3) is 0 Å². The summed E-state index contributed by atoms with van der Waals surface area (Å²) >= 11 is 11.9. The molecule has 0 aromatic heterocycles. The van der Waals surface area contributed by atoms with E-state index in [1.165, 1.54) is 0 Å². The van der Waals surface area contributed by atoms with E-state index in [4.69, 9.17) is 38.4 Å². The van der Waals surface area contributed by atoms with Crippen LogP contribution < -0.4 is 10.5 Å². The number of carbonyl (C=O) groups is 1. The van der Waals surface area contributed by atoms with E-state index in [1.807, 2.05) is 4.90 Å². The lowest BCUT2D eigenvalue weighted by molar-refractivity contribution is -0.133. The van der Waals surface area contributed by atoms with E-state index in [-0.39, 0.29) is 30.3 Å². The number of amides is 1. The second-order valence-electron chi connectivity index (χ2n) is 6.36. The molecule has 2 aliphatic rings. The minimum atomic E-state index is -0.447. The van der Waals surface area contributed by atoms with Gasteiger partial charge < -0.3 is 20.1 Å². The Balaban J connectivity index is 0.00000225. The monoisotopic (exact) mass is 408 g/mol. The van der Waals surface area contributed by atoms with Gasteiger partial charge in [-0.15, -0.1) is 12.4 Å². The fraction of sp³-hybridized carbons (Fsp3) is 0.588. The molecular weight excluding hydrogens is 387 g/mol. The summed E-state index contributed by atoms with van der Waals surface area (Å²) in [6.07, 6.45) is 2.44. The van der Waals surface area contributed by atoms with Gasteiger partial charge in [0.25, 0.3) is 0 Å². The van der Waals surface area contributed by atoms with Crippen molar-refractivity contribution in [2.75, 3.05) is 26.3 Å². The third-order valence-electron chi connectivity index (χ3n) is 4.71. The Morgan fingerprint density at radius 1 is 1.24 bits per heavy atom. The molecule has 0 radical (unpaired) electrons. The average Bonchev–Trinajstić information content (AvgIpc) is 3.06. The van der Waals surface area contributed by atoms with Crippen molar-refractivity contribution in [3.8, 4) is 5.75 Å². The van der Waals surface area contributed by atoms with Crippen LogP contribution in [-0.4, -0.2) is 49.3 Å². The lowest BCUT2D eigenvalue weighted by atomic mass is 9.91. The van der Waals surface area contributed by atoms with Crippen LogP contribution >= 0.6 is 35.6 Å². The Kier molecular flexibility index (Phi) is 7.65. The fourth-order valence-electron chi connectivity index (χ4n) is 3.25. The minimum Gasteiger partial charge on any atom is -0.488 e. The number of nitrogens with two attached hydrogens (primary N) is 1. The summed E-state index contributed by atoms with van der Waals surface area (Å²) in [4.78, 5) is 14.4. The van der Waals surface area contributed by atoms with Crippen molar-refractivity contribution < 1.29 is 14.3 Å². The van der Waals surface area contributed by atoms with Gasteiger partial charge in [-0.2, -0.15) is 0 Å². The summed E-state index contributed by atoms with van der Waals surface area (Å²) in [6.45, 7) is 2.60. The van der Waals surface area contributed by atoms with Crippen LogP contribution in [0, 0.1) is 5.92 Å². The largest absolute Gasteiger partial charge is 0.488 e. The molecule has 8 heteroatoms. The van der Waals surface area contributed by atoms with E-state index in [2.05, 4.69) is 0 Å². The Morgan fingerprint density at radius 3 is 2.64 bits per heavy atom. The Labute approximate surface area is 164 Å². The number of benzene rings is 1. The van der Waals surface area contributed by atoms with Crippen molar-refractivity contribution in [3.05, 3.63) is 28.2 Å². The van der Waals surface area contributed by atoms with Gasteiger partial charge in [0, 0.05) is 32.2 Å². The summed E-state index contributed by atoms with van der Waals surface area (Å²) in [5.41, 5.74) is 6.19. The van der Waals surface area contributed by atoms with Gasteiger partial charge >= 0.3 is 0 Å². The van der Waals surface area contributed by atoms with Gasteiger partial charge in [-0.25, -0.2) is 0 Å². The van der Waals surface area contributed by atoms with Crippen LogP contribution in [-0.2, 0) is 9.53 Å². The average molecular weight is 410 g/mol. The third kappa shape index (κ3) is 5.14. The van der Waals surface area contributed by atoms with Gasteiger partial charge in [0.1, 0.15) is 11.9 Å². The molecule has 2 aliphatic heterocycles. The van der Waals surface area contributed by atoms with Crippen LogP contribution in [0.15, 0.2) is 18.2 Å². The van der Waals surface area contributed by atoms with E-state index in [9.17, 15) is 4.79 Å². The van der Waals surface area contributed by atoms with Crippen molar-refractivity contribution in [3.63, 3.8) is 0 Å². The lowest BCUT2D eigenvalue weighted by Gasteiger charge is -2.29.